The summed E-state index contributed by atoms with van der Waals surface area (Å²) in [7, 11) is 1.99. The molecule has 3 heteroatoms. The normalized spacial score (nSPS) is 12.6. The quantitative estimate of drug-likeness (QED) is 0.551. The summed E-state index contributed by atoms with van der Waals surface area (Å²) >= 11 is 1.90. The topological polar surface area (TPSA) is 32.3 Å². The first kappa shape index (κ1) is 14.6. The van der Waals surface area contributed by atoms with Gasteiger partial charge in [-0.1, -0.05) is 18.6 Å². The number of unbranched alkanes of at least 4 members (excludes halogenated alkanes) is 2. The van der Waals surface area contributed by atoms with Gasteiger partial charge in [0.25, 0.3) is 0 Å². The fourth-order valence-corrected chi connectivity index (χ4v) is 2.60. The molecule has 0 saturated heterocycles. The van der Waals surface area contributed by atoms with Gasteiger partial charge < -0.3 is 10.4 Å². The lowest BCUT2D eigenvalue weighted by Crippen LogP contribution is -2.11. The molecule has 0 aliphatic carbocycles. The van der Waals surface area contributed by atoms with Gasteiger partial charge in [0.15, 0.2) is 0 Å². The maximum Gasteiger partial charge on any atom is 0.0431 e. The Morgan fingerprint density at radius 3 is 2.82 bits per heavy atom. The van der Waals surface area contributed by atoms with Gasteiger partial charge in [0.05, 0.1) is 0 Å². The highest BCUT2D eigenvalue weighted by molar-refractivity contribution is 7.99. The van der Waals surface area contributed by atoms with Crippen LogP contribution < -0.4 is 5.32 Å². The minimum Gasteiger partial charge on any atom is -0.396 e. The van der Waals surface area contributed by atoms with E-state index in [-0.39, 0.29) is 0 Å². The fourth-order valence-electron chi connectivity index (χ4n) is 1.62. The fraction of sp³-hybridized carbons (Fsp3) is 0.571. The van der Waals surface area contributed by atoms with Crippen LogP contribution in [-0.4, -0.2) is 24.5 Å². The first-order valence-electron chi connectivity index (χ1n) is 6.29. The molecule has 17 heavy (non-hydrogen) atoms. The van der Waals surface area contributed by atoms with E-state index in [1.165, 1.54) is 16.9 Å². The van der Waals surface area contributed by atoms with Crippen molar-refractivity contribution in [1.29, 1.82) is 0 Å². The minimum atomic E-state index is 0.319. The predicted molar refractivity (Wildman–Crippen MR) is 75.6 cm³/mol. The second-order valence-corrected chi connectivity index (χ2v) is 5.38. The van der Waals surface area contributed by atoms with E-state index in [4.69, 9.17) is 5.11 Å². The molecule has 0 heterocycles. The summed E-state index contributed by atoms with van der Waals surface area (Å²) in [5.41, 5.74) is 1.34. The molecule has 0 bridgehead atoms. The Morgan fingerprint density at radius 2 is 2.12 bits per heavy atom. The van der Waals surface area contributed by atoms with Gasteiger partial charge in [-0.3, -0.25) is 0 Å². The average Bonchev–Trinajstić information content (AvgIpc) is 2.38. The van der Waals surface area contributed by atoms with E-state index in [0.29, 0.717) is 12.6 Å². The molecule has 0 spiro atoms. The predicted octanol–water partition coefficient (Wildman–Crippen LogP) is 3.22. The van der Waals surface area contributed by atoms with Crippen molar-refractivity contribution in [2.24, 2.45) is 0 Å². The SMILES string of the molecule is CNC(C)c1cccc(SCCCCCO)c1. The molecular weight excluding hydrogens is 230 g/mol. The summed E-state index contributed by atoms with van der Waals surface area (Å²) in [6.07, 6.45) is 3.23. The zero-order chi connectivity index (χ0) is 12.5. The van der Waals surface area contributed by atoms with Crippen molar-refractivity contribution in [2.75, 3.05) is 19.4 Å². The highest BCUT2D eigenvalue weighted by Gasteiger charge is 2.03. The van der Waals surface area contributed by atoms with Crippen LogP contribution in [0.25, 0.3) is 0 Å². The summed E-state index contributed by atoms with van der Waals surface area (Å²) in [6.45, 7) is 2.49. The molecule has 2 N–H and O–H groups in total. The minimum absolute atomic E-state index is 0.319. The molecule has 1 aromatic rings. The lowest BCUT2D eigenvalue weighted by molar-refractivity contribution is 0.284. The van der Waals surface area contributed by atoms with Gasteiger partial charge in [-0.2, -0.15) is 0 Å². The van der Waals surface area contributed by atoms with Crippen molar-refractivity contribution in [2.45, 2.75) is 37.1 Å². The van der Waals surface area contributed by atoms with Crippen molar-refractivity contribution >= 4 is 11.8 Å². The number of thioether (sulfide) groups is 1. The maximum atomic E-state index is 8.69. The summed E-state index contributed by atoms with van der Waals surface area (Å²) in [5.74, 6) is 1.14. The number of aliphatic hydroxyl groups is 1. The zero-order valence-corrected chi connectivity index (χ0v) is 11.6. The van der Waals surface area contributed by atoms with Crippen LogP contribution >= 0.6 is 11.8 Å². The van der Waals surface area contributed by atoms with Crippen molar-refractivity contribution in [3.63, 3.8) is 0 Å². The van der Waals surface area contributed by atoms with E-state index < -0.39 is 0 Å². The molecule has 96 valence electrons. The third-order valence-electron chi connectivity index (χ3n) is 2.86. The van der Waals surface area contributed by atoms with Crippen LogP contribution in [0.1, 0.15) is 37.8 Å². The number of hydrogen-bond donors (Lipinski definition) is 2. The van der Waals surface area contributed by atoms with E-state index in [2.05, 4.69) is 36.5 Å². The molecule has 1 aromatic carbocycles. The molecule has 2 nitrogen and oxygen atoms in total. The number of nitrogens with one attached hydrogen (secondary N) is 1. The van der Waals surface area contributed by atoms with Crippen LogP contribution in [0.2, 0.25) is 0 Å². The van der Waals surface area contributed by atoms with Crippen molar-refractivity contribution in [3.05, 3.63) is 29.8 Å². The van der Waals surface area contributed by atoms with E-state index >= 15 is 0 Å². The van der Waals surface area contributed by atoms with E-state index in [1.807, 2.05) is 18.8 Å². The number of rotatable bonds is 8. The third kappa shape index (κ3) is 5.57. The molecule has 0 saturated carbocycles. The Morgan fingerprint density at radius 1 is 1.29 bits per heavy atom. The first-order chi connectivity index (χ1) is 8.27. The largest absolute Gasteiger partial charge is 0.396 e. The lowest BCUT2D eigenvalue weighted by Gasteiger charge is -2.11. The number of benzene rings is 1. The van der Waals surface area contributed by atoms with Crippen LogP contribution in [0.3, 0.4) is 0 Å². The van der Waals surface area contributed by atoms with Crippen LogP contribution in [0.5, 0.6) is 0 Å². The molecule has 1 rings (SSSR count). The zero-order valence-electron chi connectivity index (χ0n) is 10.8. The summed E-state index contributed by atoms with van der Waals surface area (Å²) in [4.78, 5) is 1.34. The Bertz CT molecular complexity index is 317. The maximum absolute atomic E-state index is 8.69. The van der Waals surface area contributed by atoms with Gasteiger partial charge >= 0.3 is 0 Å². The Kier molecular flexibility index (Phi) is 7.33. The molecule has 0 aliphatic heterocycles. The molecule has 1 atom stereocenters. The van der Waals surface area contributed by atoms with Crippen LogP contribution in [0.15, 0.2) is 29.2 Å². The van der Waals surface area contributed by atoms with Gasteiger partial charge in [-0.05, 0) is 50.3 Å². The highest BCUT2D eigenvalue weighted by atomic mass is 32.2. The monoisotopic (exact) mass is 253 g/mol. The van der Waals surface area contributed by atoms with Crippen LogP contribution in [-0.2, 0) is 0 Å². The Balaban J connectivity index is 2.38. The number of hydrogen-bond acceptors (Lipinski definition) is 3. The van der Waals surface area contributed by atoms with Crippen molar-refractivity contribution < 1.29 is 5.11 Å². The summed E-state index contributed by atoms with van der Waals surface area (Å²) in [6, 6.07) is 9.13. The average molecular weight is 253 g/mol. The van der Waals surface area contributed by atoms with Crippen molar-refractivity contribution in [3.8, 4) is 0 Å². The molecule has 1 unspecified atom stereocenters. The van der Waals surface area contributed by atoms with Crippen molar-refractivity contribution in [1.82, 2.24) is 5.32 Å². The van der Waals surface area contributed by atoms with Crippen LogP contribution in [0.4, 0.5) is 0 Å². The lowest BCUT2D eigenvalue weighted by atomic mass is 10.1. The second kappa shape index (κ2) is 8.56. The van der Waals surface area contributed by atoms with E-state index in [9.17, 15) is 0 Å². The molecule has 0 radical (unpaired) electrons. The van der Waals surface area contributed by atoms with Gasteiger partial charge in [-0.25, -0.2) is 0 Å². The van der Waals surface area contributed by atoms with Crippen LogP contribution in [0, 0.1) is 0 Å². The molecule has 0 amide bonds. The smallest absolute Gasteiger partial charge is 0.0431 e. The Hall–Kier alpha value is -0.510. The standard InChI is InChI=1S/C14H23NOS/c1-12(15-2)13-7-6-8-14(11-13)17-10-5-3-4-9-16/h6-8,11-12,15-16H,3-5,9-10H2,1-2H3. The van der Waals surface area contributed by atoms with E-state index in [0.717, 1.165) is 18.6 Å². The van der Waals surface area contributed by atoms with Gasteiger partial charge in [0, 0.05) is 17.5 Å². The molecule has 0 fully saturated rings. The Labute approximate surface area is 109 Å². The number of aliphatic hydroxyl groups excluding tert-OH is 1. The highest BCUT2D eigenvalue weighted by Crippen LogP contribution is 2.23. The van der Waals surface area contributed by atoms with Gasteiger partial charge in [0.1, 0.15) is 0 Å². The second-order valence-electron chi connectivity index (χ2n) is 4.22. The molecule has 0 aromatic heterocycles. The van der Waals surface area contributed by atoms with Gasteiger partial charge in [-0.15, -0.1) is 11.8 Å². The molecule has 0 aliphatic rings. The van der Waals surface area contributed by atoms with Gasteiger partial charge in [0.2, 0.25) is 0 Å². The first-order valence-corrected chi connectivity index (χ1v) is 7.27. The summed E-state index contributed by atoms with van der Waals surface area (Å²) in [5, 5.41) is 11.9. The molecular formula is C14H23NOS. The summed E-state index contributed by atoms with van der Waals surface area (Å²) < 4.78 is 0. The third-order valence-corrected chi connectivity index (χ3v) is 3.94. The van der Waals surface area contributed by atoms with E-state index in [1.54, 1.807) is 0 Å².